The Bertz CT molecular complexity index is 549. The molecular weight excluding hydrogens is 290 g/mol. The Kier molecular flexibility index (Phi) is 5.30. The summed E-state index contributed by atoms with van der Waals surface area (Å²) >= 11 is 0. The minimum Gasteiger partial charge on any atom is -0.381 e. The van der Waals surface area contributed by atoms with Gasteiger partial charge in [-0.25, -0.2) is 0 Å². The summed E-state index contributed by atoms with van der Waals surface area (Å²) < 4.78 is 5.45. The highest BCUT2D eigenvalue weighted by molar-refractivity contribution is 5.78. The Balaban J connectivity index is 1.59. The Morgan fingerprint density at radius 3 is 2.83 bits per heavy atom. The first kappa shape index (κ1) is 16.4. The van der Waals surface area contributed by atoms with Crippen molar-refractivity contribution in [1.29, 1.82) is 0 Å². The van der Waals surface area contributed by atoms with Crippen molar-refractivity contribution in [2.24, 2.45) is 5.73 Å². The zero-order valence-corrected chi connectivity index (χ0v) is 13.9. The minimum absolute atomic E-state index is 0.216. The van der Waals surface area contributed by atoms with Crippen molar-refractivity contribution >= 4 is 5.91 Å². The van der Waals surface area contributed by atoms with Gasteiger partial charge in [0.15, 0.2) is 0 Å². The molecule has 5 nitrogen and oxygen atoms in total. The fourth-order valence-corrected chi connectivity index (χ4v) is 3.71. The number of carbonyl (C=O) groups is 1. The average molecular weight is 317 g/mol. The van der Waals surface area contributed by atoms with Crippen LogP contribution in [0, 0.1) is 0 Å². The normalized spacial score (nSPS) is 25.2. The highest BCUT2D eigenvalue weighted by atomic mass is 16.5. The molecule has 2 heterocycles. The molecule has 0 spiro atoms. The summed E-state index contributed by atoms with van der Waals surface area (Å²) in [6.45, 7) is 3.49. The van der Waals surface area contributed by atoms with Crippen LogP contribution in [0.3, 0.4) is 0 Å². The van der Waals surface area contributed by atoms with Crippen molar-refractivity contribution in [2.45, 2.75) is 38.0 Å². The number of ether oxygens (including phenoxy) is 1. The van der Waals surface area contributed by atoms with Gasteiger partial charge < -0.3 is 15.4 Å². The second kappa shape index (κ2) is 7.43. The van der Waals surface area contributed by atoms with Crippen molar-refractivity contribution in [3.05, 3.63) is 35.4 Å². The van der Waals surface area contributed by atoms with Crippen LogP contribution in [-0.2, 0) is 22.5 Å². The molecule has 1 aromatic rings. The van der Waals surface area contributed by atoms with Crippen LogP contribution in [0.25, 0.3) is 0 Å². The van der Waals surface area contributed by atoms with Crippen LogP contribution in [0.1, 0.15) is 24.0 Å². The number of rotatable bonds is 4. The molecule has 0 aliphatic carbocycles. The van der Waals surface area contributed by atoms with Crippen LogP contribution in [0.4, 0.5) is 0 Å². The van der Waals surface area contributed by atoms with E-state index in [9.17, 15) is 4.79 Å². The lowest BCUT2D eigenvalue weighted by Gasteiger charge is -2.39. The van der Waals surface area contributed by atoms with E-state index in [1.165, 1.54) is 11.1 Å². The average Bonchev–Trinajstić information content (AvgIpc) is 2.61. The van der Waals surface area contributed by atoms with Gasteiger partial charge >= 0.3 is 0 Å². The van der Waals surface area contributed by atoms with Gasteiger partial charge in [0.2, 0.25) is 5.91 Å². The van der Waals surface area contributed by atoms with Gasteiger partial charge in [0, 0.05) is 39.3 Å². The van der Waals surface area contributed by atoms with Gasteiger partial charge in [-0.2, -0.15) is 0 Å². The summed E-state index contributed by atoms with van der Waals surface area (Å²) in [5.41, 5.74) is 8.56. The number of piperidine rings is 1. The minimum atomic E-state index is 0.216. The van der Waals surface area contributed by atoms with E-state index < -0.39 is 0 Å². The first-order valence-corrected chi connectivity index (χ1v) is 8.52. The van der Waals surface area contributed by atoms with Gasteiger partial charge in [-0.05, 0) is 30.4 Å². The predicted molar refractivity (Wildman–Crippen MR) is 90.0 cm³/mol. The molecule has 2 aliphatic heterocycles. The molecule has 2 unspecified atom stereocenters. The number of nitrogens with zero attached hydrogens (tertiary/aromatic N) is 2. The van der Waals surface area contributed by atoms with Crippen LogP contribution in [0.5, 0.6) is 0 Å². The van der Waals surface area contributed by atoms with E-state index in [1.54, 1.807) is 7.11 Å². The molecule has 1 aromatic carbocycles. The highest BCUT2D eigenvalue weighted by Crippen LogP contribution is 2.21. The number of nitrogens with two attached hydrogens (primary N) is 1. The maximum Gasteiger partial charge on any atom is 0.237 e. The van der Waals surface area contributed by atoms with E-state index >= 15 is 0 Å². The van der Waals surface area contributed by atoms with Crippen molar-refractivity contribution in [3.63, 3.8) is 0 Å². The van der Waals surface area contributed by atoms with Gasteiger partial charge in [0.25, 0.3) is 0 Å². The molecule has 3 rings (SSSR count). The molecule has 2 aliphatic rings. The number of amides is 1. The van der Waals surface area contributed by atoms with Gasteiger partial charge in [-0.15, -0.1) is 0 Å². The summed E-state index contributed by atoms with van der Waals surface area (Å²) in [7, 11) is 1.75. The zero-order chi connectivity index (χ0) is 16.2. The fourth-order valence-electron chi connectivity index (χ4n) is 3.71. The fraction of sp³-hybridized carbons (Fsp3) is 0.611. The molecule has 0 saturated carbocycles. The highest BCUT2D eigenvalue weighted by Gasteiger charge is 2.30. The number of carbonyl (C=O) groups excluding carboxylic acids is 1. The number of methoxy groups -OCH3 is 1. The molecule has 1 amide bonds. The largest absolute Gasteiger partial charge is 0.381 e. The van der Waals surface area contributed by atoms with Crippen LogP contribution in [0.15, 0.2) is 24.3 Å². The third-order valence-electron chi connectivity index (χ3n) is 5.22. The molecule has 1 fully saturated rings. The number of benzene rings is 1. The maximum absolute atomic E-state index is 12.7. The van der Waals surface area contributed by atoms with Gasteiger partial charge in [0.1, 0.15) is 0 Å². The number of likely N-dealkylation sites (tertiary alicyclic amines) is 1. The zero-order valence-electron chi connectivity index (χ0n) is 13.9. The van der Waals surface area contributed by atoms with E-state index in [-0.39, 0.29) is 18.1 Å². The first-order chi connectivity index (χ1) is 11.2. The molecule has 23 heavy (non-hydrogen) atoms. The van der Waals surface area contributed by atoms with Crippen molar-refractivity contribution in [2.75, 3.05) is 33.3 Å². The van der Waals surface area contributed by atoms with Crippen LogP contribution >= 0.6 is 0 Å². The molecule has 0 bridgehead atoms. The molecule has 2 atom stereocenters. The van der Waals surface area contributed by atoms with Crippen molar-refractivity contribution in [1.82, 2.24) is 9.80 Å². The van der Waals surface area contributed by atoms with E-state index in [0.717, 1.165) is 38.9 Å². The quantitative estimate of drug-likeness (QED) is 0.900. The molecule has 5 heteroatoms. The standard InChI is InChI=1S/C18H27N3O2/c1-23-17-7-9-20(16(10-17)11-19)13-18(22)21-8-6-14-4-2-3-5-15(14)12-21/h2-5,16-17H,6-13,19H2,1H3. The van der Waals surface area contributed by atoms with Gasteiger partial charge in [0.05, 0.1) is 12.6 Å². The monoisotopic (exact) mass is 317 g/mol. The molecule has 0 radical (unpaired) electrons. The summed E-state index contributed by atoms with van der Waals surface area (Å²) in [6.07, 6.45) is 3.12. The third kappa shape index (κ3) is 3.74. The van der Waals surface area contributed by atoms with E-state index in [4.69, 9.17) is 10.5 Å². The molecule has 2 N–H and O–H groups in total. The van der Waals surface area contributed by atoms with Gasteiger partial charge in [-0.1, -0.05) is 24.3 Å². The lowest BCUT2D eigenvalue weighted by Crippen LogP contribution is -2.52. The summed E-state index contributed by atoms with van der Waals surface area (Å²) in [6, 6.07) is 8.66. The second-order valence-corrected chi connectivity index (χ2v) is 6.58. The Morgan fingerprint density at radius 2 is 2.09 bits per heavy atom. The van der Waals surface area contributed by atoms with E-state index in [2.05, 4.69) is 23.1 Å². The molecular formula is C18H27N3O2. The molecule has 1 saturated heterocycles. The molecule has 0 aromatic heterocycles. The second-order valence-electron chi connectivity index (χ2n) is 6.58. The first-order valence-electron chi connectivity index (χ1n) is 8.52. The number of hydrogen-bond acceptors (Lipinski definition) is 4. The third-order valence-corrected chi connectivity index (χ3v) is 5.22. The van der Waals surface area contributed by atoms with Crippen molar-refractivity contribution < 1.29 is 9.53 Å². The maximum atomic E-state index is 12.7. The molecule has 126 valence electrons. The topological polar surface area (TPSA) is 58.8 Å². The Morgan fingerprint density at radius 1 is 1.30 bits per heavy atom. The summed E-state index contributed by atoms with van der Waals surface area (Å²) in [5.74, 6) is 0.216. The SMILES string of the molecule is COC1CCN(CC(=O)N2CCc3ccccc3C2)C(CN)C1. The predicted octanol–water partition coefficient (Wildman–Crippen LogP) is 1.01. The number of fused-ring (bicyclic) bond motifs is 1. The van der Waals surface area contributed by atoms with Crippen LogP contribution < -0.4 is 5.73 Å². The van der Waals surface area contributed by atoms with E-state index in [0.29, 0.717) is 13.1 Å². The lowest BCUT2D eigenvalue weighted by molar-refractivity contribution is -0.134. The number of hydrogen-bond donors (Lipinski definition) is 1. The Labute approximate surface area is 138 Å². The van der Waals surface area contributed by atoms with Crippen LogP contribution in [-0.4, -0.2) is 61.1 Å². The van der Waals surface area contributed by atoms with Crippen molar-refractivity contribution in [3.8, 4) is 0 Å². The smallest absolute Gasteiger partial charge is 0.237 e. The van der Waals surface area contributed by atoms with E-state index in [1.807, 2.05) is 11.0 Å². The van der Waals surface area contributed by atoms with Gasteiger partial charge in [-0.3, -0.25) is 9.69 Å². The van der Waals surface area contributed by atoms with Crippen LogP contribution in [0.2, 0.25) is 0 Å². The summed E-state index contributed by atoms with van der Waals surface area (Å²) in [4.78, 5) is 16.9. The summed E-state index contributed by atoms with van der Waals surface area (Å²) in [5, 5.41) is 0. The lowest BCUT2D eigenvalue weighted by atomic mass is 9.98. The Hall–Kier alpha value is -1.43.